The zero-order chi connectivity index (χ0) is 15.1. The van der Waals surface area contributed by atoms with E-state index in [-0.39, 0.29) is 18.7 Å². The fourth-order valence-corrected chi connectivity index (χ4v) is 2.04. The molecule has 1 N–H and O–H groups in total. The molecule has 5 heteroatoms. The maximum atomic E-state index is 12.3. The predicted octanol–water partition coefficient (Wildman–Crippen LogP) is 2.93. The highest BCUT2D eigenvalue weighted by atomic mass is 19.3. The second-order valence-corrected chi connectivity index (χ2v) is 5.19. The lowest BCUT2D eigenvalue weighted by Gasteiger charge is -2.24. The Kier molecular flexibility index (Phi) is 6.88. The second-order valence-electron chi connectivity index (χ2n) is 5.19. The van der Waals surface area contributed by atoms with E-state index in [4.69, 9.17) is 4.74 Å². The number of benzene rings is 1. The fourth-order valence-electron chi connectivity index (χ4n) is 2.04. The van der Waals surface area contributed by atoms with Crippen LogP contribution in [0.4, 0.5) is 8.78 Å². The molecule has 0 aliphatic carbocycles. The van der Waals surface area contributed by atoms with Crippen LogP contribution < -0.4 is 10.1 Å². The number of nitrogens with one attached hydrogen (secondary N) is 1. The van der Waals surface area contributed by atoms with Crippen LogP contribution in [0.2, 0.25) is 0 Å². The van der Waals surface area contributed by atoms with Crippen LogP contribution in [0.1, 0.15) is 25.5 Å². The molecule has 0 heterocycles. The molecular weight excluding hydrogens is 262 g/mol. The number of rotatable bonds is 8. The van der Waals surface area contributed by atoms with Gasteiger partial charge in [-0.2, -0.15) is 0 Å². The lowest BCUT2D eigenvalue weighted by atomic mass is 10.1. The number of ether oxygens (including phenoxy) is 1. The average molecular weight is 286 g/mol. The van der Waals surface area contributed by atoms with Crippen molar-refractivity contribution in [2.75, 3.05) is 27.2 Å². The molecule has 1 rings (SSSR count). The number of likely N-dealkylation sites (N-methyl/N-ethyl adjacent to an activating group) is 2. The average Bonchev–Trinajstić information content (AvgIpc) is 2.35. The standard InChI is InChI=1S/C15H24F2N2O/c1-11(2)20-13-7-5-12(6-8-13)14(18-3)9-19(4)10-15(16)17/h5-8,11,14-15,18H,9-10H2,1-4H3. The van der Waals surface area contributed by atoms with Crippen LogP contribution in [0.5, 0.6) is 5.75 Å². The van der Waals surface area contributed by atoms with Crippen molar-refractivity contribution in [1.82, 2.24) is 10.2 Å². The summed E-state index contributed by atoms with van der Waals surface area (Å²) in [6.07, 6.45) is -2.17. The first-order valence-electron chi connectivity index (χ1n) is 6.83. The molecule has 1 aromatic rings. The Morgan fingerprint density at radius 2 is 1.75 bits per heavy atom. The summed E-state index contributed by atoms with van der Waals surface area (Å²) in [5, 5.41) is 3.16. The van der Waals surface area contributed by atoms with Crippen molar-refractivity contribution in [3.63, 3.8) is 0 Å². The van der Waals surface area contributed by atoms with E-state index in [2.05, 4.69) is 5.32 Å². The summed E-state index contributed by atoms with van der Waals surface area (Å²) in [7, 11) is 3.53. The Labute approximate surface area is 119 Å². The van der Waals surface area contributed by atoms with Crippen molar-refractivity contribution in [3.8, 4) is 5.75 Å². The molecule has 0 bridgehead atoms. The summed E-state index contributed by atoms with van der Waals surface area (Å²) in [6.45, 7) is 4.27. The van der Waals surface area contributed by atoms with Crippen LogP contribution in [0, 0.1) is 0 Å². The molecule has 0 saturated heterocycles. The summed E-state index contributed by atoms with van der Waals surface area (Å²) >= 11 is 0. The predicted molar refractivity (Wildman–Crippen MR) is 77.5 cm³/mol. The highest BCUT2D eigenvalue weighted by molar-refractivity contribution is 5.29. The van der Waals surface area contributed by atoms with E-state index in [0.717, 1.165) is 11.3 Å². The normalized spacial score (nSPS) is 13.2. The molecule has 20 heavy (non-hydrogen) atoms. The molecule has 3 nitrogen and oxygen atoms in total. The van der Waals surface area contributed by atoms with Crippen molar-refractivity contribution in [1.29, 1.82) is 0 Å². The van der Waals surface area contributed by atoms with Gasteiger partial charge in [-0.3, -0.25) is 4.90 Å². The van der Waals surface area contributed by atoms with Crippen LogP contribution in [-0.2, 0) is 0 Å². The molecule has 0 amide bonds. The summed E-state index contributed by atoms with van der Waals surface area (Å²) in [6, 6.07) is 7.77. The van der Waals surface area contributed by atoms with Crippen molar-refractivity contribution < 1.29 is 13.5 Å². The Balaban J connectivity index is 2.65. The van der Waals surface area contributed by atoms with Gasteiger partial charge in [-0.15, -0.1) is 0 Å². The maximum Gasteiger partial charge on any atom is 0.251 e. The van der Waals surface area contributed by atoms with E-state index in [1.165, 1.54) is 0 Å². The number of hydrogen-bond donors (Lipinski definition) is 1. The third-order valence-corrected chi connectivity index (χ3v) is 2.95. The zero-order valence-corrected chi connectivity index (χ0v) is 12.6. The minimum atomic E-state index is -2.31. The minimum absolute atomic E-state index is 0.0202. The van der Waals surface area contributed by atoms with Gasteiger partial charge in [-0.25, -0.2) is 8.78 Å². The number of alkyl halides is 2. The third-order valence-electron chi connectivity index (χ3n) is 2.95. The molecule has 0 aliphatic rings. The van der Waals surface area contributed by atoms with Crippen molar-refractivity contribution in [2.24, 2.45) is 0 Å². The molecule has 1 atom stereocenters. The lowest BCUT2D eigenvalue weighted by Crippen LogP contribution is -2.34. The number of nitrogens with zero attached hydrogens (tertiary/aromatic N) is 1. The van der Waals surface area contributed by atoms with E-state index in [1.54, 1.807) is 11.9 Å². The van der Waals surface area contributed by atoms with Gasteiger partial charge in [-0.1, -0.05) is 12.1 Å². The van der Waals surface area contributed by atoms with E-state index in [1.807, 2.05) is 45.2 Å². The van der Waals surface area contributed by atoms with Crippen molar-refractivity contribution in [3.05, 3.63) is 29.8 Å². The van der Waals surface area contributed by atoms with Crippen LogP contribution in [-0.4, -0.2) is 44.6 Å². The zero-order valence-electron chi connectivity index (χ0n) is 12.6. The van der Waals surface area contributed by atoms with Crippen LogP contribution in [0.25, 0.3) is 0 Å². The van der Waals surface area contributed by atoms with Gasteiger partial charge in [0.1, 0.15) is 5.75 Å². The van der Waals surface area contributed by atoms with Gasteiger partial charge >= 0.3 is 0 Å². The number of halogens is 2. The first kappa shape index (κ1) is 16.9. The van der Waals surface area contributed by atoms with Crippen LogP contribution in [0.15, 0.2) is 24.3 Å². The largest absolute Gasteiger partial charge is 0.491 e. The first-order chi connectivity index (χ1) is 9.42. The van der Waals surface area contributed by atoms with E-state index < -0.39 is 6.43 Å². The lowest BCUT2D eigenvalue weighted by molar-refractivity contribution is 0.0963. The molecule has 1 unspecified atom stereocenters. The summed E-state index contributed by atoms with van der Waals surface area (Å²) < 4.78 is 30.3. The Morgan fingerprint density at radius 1 is 1.15 bits per heavy atom. The molecule has 0 aromatic heterocycles. The maximum absolute atomic E-state index is 12.3. The van der Waals surface area contributed by atoms with Crippen molar-refractivity contribution >= 4 is 0 Å². The fraction of sp³-hybridized carbons (Fsp3) is 0.600. The summed E-state index contributed by atoms with van der Waals surface area (Å²) in [5.41, 5.74) is 1.06. The van der Waals surface area contributed by atoms with Crippen molar-refractivity contribution in [2.45, 2.75) is 32.4 Å². The molecule has 114 valence electrons. The summed E-state index contributed by atoms with van der Waals surface area (Å²) in [5.74, 6) is 0.819. The van der Waals surface area contributed by atoms with Crippen LogP contribution >= 0.6 is 0 Å². The molecule has 0 saturated carbocycles. The number of hydrogen-bond acceptors (Lipinski definition) is 3. The monoisotopic (exact) mass is 286 g/mol. The molecule has 1 aromatic carbocycles. The molecular formula is C15H24F2N2O. The van der Waals surface area contributed by atoms with Gasteiger partial charge in [0.25, 0.3) is 6.43 Å². The van der Waals surface area contributed by atoms with E-state index >= 15 is 0 Å². The molecule has 0 spiro atoms. The Bertz CT molecular complexity index is 382. The Morgan fingerprint density at radius 3 is 2.20 bits per heavy atom. The quantitative estimate of drug-likeness (QED) is 0.795. The highest BCUT2D eigenvalue weighted by Crippen LogP contribution is 2.19. The van der Waals surface area contributed by atoms with Gasteiger partial charge < -0.3 is 10.1 Å². The molecule has 0 fully saturated rings. The van der Waals surface area contributed by atoms with Gasteiger partial charge in [0.05, 0.1) is 12.6 Å². The second kappa shape index (κ2) is 8.17. The van der Waals surface area contributed by atoms with Gasteiger partial charge in [0.2, 0.25) is 0 Å². The molecule has 0 aliphatic heterocycles. The third kappa shape index (κ3) is 5.84. The first-order valence-corrected chi connectivity index (χ1v) is 6.83. The van der Waals surface area contributed by atoms with Gasteiger partial charge in [-0.05, 0) is 45.6 Å². The summed E-state index contributed by atoms with van der Waals surface area (Å²) in [4.78, 5) is 1.63. The smallest absolute Gasteiger partial charge is 0.251 e. The Hall–Kier alpha value is -1.20. The highest BCUT2D eigenvalue weighted by Gasteiger charge is 2.15. The van der Waals surface area contributed by atoms with Gasteiger partial charge in [0, 0.05) is 12.6 Å². The molecule has 0 radical (unpaired) electrons. The minimum Gasteiger partial charge on any atom is -0.491 e. The van der Waals surface area contributed by atoms with Gasteiger partial charge in [0.15, 0.2) is 0 Å². The van der Waals surface area contributed by atoms with E-state index in [9.17, 15) is 8.78 Å². The van der Waals surface area contributed by atoms with E-state index in [0.29, 0.717) is 6.54 Å². The topological polar surface area (TPSA) is 24.5 Å². The SMILES string of the molecule is CNC(CN(C)CC(F)F)c1ccc(OC(C)C)cc1. The van der Waals surface area contributed by atoms with Crippen LogP contribution in [0.3, 0.4) is 0 Å².